The van der Waals surface area contributed by atoms with Crippen LogP contribution in [0.15, 0.2) is 23.3 Å². The van der Waals surface area contributed by atoms with Gasteiger partial charge in [-0.1, -0.05) is 0 Å². The second-order valence-corrected chi connectivity index (χ2v) is 7.62. The molecule has 2 saturated heterocycles. The Hall–Kier alpha value is -3.14. The van der Waals surface area contributed by atoms with Crippen molar-refractivity contribution in [1.82, 2.24) is 15.0 Å². The van der Waals surface area contributed by atoms with Crippen molar-refractivity contribution >= 4 is 24.1 Å². The monoisotopic (exact) mass is 441 g/mol. The molecule has 4 rings (SSSR count). The average Bonchev–Trinajstić information content (AvgIpc) is 2.85. The Morgan fingerprint density at radius 2 is 1.72 bits per heavy atom. The van der Waals surface area contributed by atoms with Gasteiger partial charge in [-0.15, -0.1) is 0 Å². The van der Waals surface area contributed by atoms with Gasteiger partial charge in [0.05, 0.1) is 33.1 Å². The Morgan fingerprint density at radius 1 is 1.00 bits per heavy atom. The third kappa shape index (κ3) is 5.56. The quantitative estimate of drug-likeness (QED) is 0.489. The van der Waals surface area contributed by atoms with Gasteiger partial charge in [0.2, 0.25) is 17.8 Å². The molecule has 2 fully saturated rings. The van der Waals surface area contributed by atoms with E-state index < -0.39 is 0 Å². The summed E-state index contributed by atoms with van der Waals surface area (Å²) in [5, 5.41) is 4.36. The molecule has 1 aromatic heterocycles. The first-order chi connectivity index (χ1) is 15.8. The van der Waals surface area contributed by atoms with E-state index in [2.05, 4.69) is 30.3 Å². The van der Waals surface area contributed by atoms with Crippen molar-refractivity contribution in [2.24, 2.45) is 5.10 Å². The van der Waals surface area contributed by atoms with Crippen LogP contribution < -0.4 is 24.7 Å². The van der Waals surface area contributed by atoms with Gasteiger partial charge in [0, 0.05) is 26.2 Å². The molecule has 1 aromatic carbocycles. The highest BCUT2D eigenvalue weighted by Crippen LogP contribution is 2.27. The summed E-state index contributed by atoms with van der Waals surface area (Å²) in [6.07, 6.45) is 5.26. The Morgan fingerprint density at radius 3 is 2.41 bits per heavy atom. The summed E-state index contributed by atoms with van der Waals surface area (Å²) in [4.78, 5) is 18.3. The molecule has 2 aliphatic rings. The summed E-state index contributed by atoms with van der Waals surface area (Å²) in [5.74, 6) is 3.15. The smallest absolute Gasteiger partial charge is 0.250 e. The number of rotatable bonds is 8. The van der Waals surface area contributed by atoms with E-state index in [1.165, 1.54) is 6.42 Å². The van der Waals surface area contributed by atoms with Gasteiger partial charge >= 0.3 is 0 Å². The number of benzene rings is 1. The molecule has 0 amide bonds. The fourth-order valence-electron chi connectivity index (χ4n) is 3.75. The number of methoxy groups -OCH3 is 1. The van der Waals surface area contributed by atoms with Crippen molar-refractivity contribution in [2.45, 2.75) is 26.2 Å². The highest BCUT2D eigenvalue weighted by molar-refractivity contribution is 5.81. The SMILES string of the molecule is CCOc1cc(C=NNc2nc(N3CCCCC3)nc(N3CCOCC3)n2)ccc1OC. The number of hydrogen-bond donors (Lipinski definition) is 1. The van der Waals surface area contributed by atoms with Gasteiger partial charge in [0.1, 0.15) is 0 Å². The number of morpholine rings is 1. The molecular weight excluding hydrogens is 410 g/mol. The van der Waals surface area contributed by atoms with E-state index in [1.807, 2.05) is 25.1 Å². The number of anilines is 3. The minimum Gasteiger partial charge on any atom is -0.493 e. The lowest BCUT2D eigenvalue weighted by molar-refractivity contribution is 0.122. The van der Waals surface area contributed by atoms with Crippen LogP contribution in [0.2, 0.25) is 0 Å². The molecule has 172 valence electrons. The Bertz CT molecular complexity index is 876. The molecule has 10 heteroatoms. The minimum absolute atomic E-state index is 0.428. The van der Waals surface area contributed by atoms with Crippen LogP contribution in [0, 0.1) is 0 Å². The molecule has 0 aliphatic carbocycles. The van der Waals surface area contributed by atoms with E-state index in [1.54, 1.807) is 13.3 Å². The molecule has 0 saturated carbocycles. The number of nitrogens with zero attached hydrogens (tertiary/aromatic N) is 6. The normalized spacial score (nSPS) is 16.9. The molecule has 2 aliphatic heterocycles. The summed E-state index contributed by atoms with van der Waals surface area (Å²) in [7, 11) is 1.62. The zero-order chi connectivity index (χ0) is 22.2. The molecule has 1 N–H and O–H groups in total. The zero-order valence-electron chi connectivity index (χ0n) is 18.8. The molecule has 32 heavy (non-hydrogen) atoms. The average molecular weight is 442 g/mol. The van der Waals surface area contributed by atoms with Crippen LogP contribution in [0.4, 0.5) is 17.8 Å². The first-order valence-corrected chi connectivity index (χ1v) is 11.2. The number of nitrogens with one attached hydrogen (secondary N) is 1. The van der Waals surface area contributed by atoms with Crippen LogP contribution >= 0.6 is 0 Å². The van der Waals surface area contributed by atoms with Crippen molar-refractivity contribution in [3.63, 3.8) is 0 Å². The third-order valence-electron chi connectivity index (χ3n) is 5.41. The van der Waals surface area contributed by atoms with E-state index in [0.717, 1.165) is 44.6 Å². The highest BCUT2D eigenvalue weighted by atomic mass is 16.5. The zero-order valence-corrected chi connectivity index (χ0v) is 18.8. The topological polar surface area (TPSA) is 97.2 Å². The van der Waals surface area contributed by atoms with Crippen molar-refractivity contribution in [2.75, 3.05) is 68.3 Å². The molecule has 0 bridgehead atoms. The first kappa shape index (κ1) is 22.1. The lowest BCUT2D eigenvalue weighted by atomic mass is 10.1. The van der Waals surface area contributed by atoms with Crippen molar-refractivity contribution in [3.8, 4) is 11.5 Å². The molecular formula is C22H31N7O3. The summed E-state index contributed by atoms with van der Waals surface area (Å²) in [6, 6.07) is 5.66. The highest BCUT2D eigenvalue weighted by Gasteiger charge is 2.20. The summed E-state index contributed by atoms with van der Waals surface area (Å²) in [6.45, 7) is 7.29. The lowest BCUT2D eigenvalue weighted by Gasteiger charge is -2.30. The predicted octanol–water partition coefficient (Wildman–Crippen LogP) is 2.55. The lowest BCUT2D eigenvalue weighted by Crippen LogP contribution is -2.38. The van der Waals surface area contributed by atoms with Crippen LogP contribution in [0.3, 0.4) is 0 Å². The maximum absolute atomic E-state index is 5.64. The van der Waals surface area contributed by atoms with Crippen molar-refractivity contribution in [3.05, 3.63) is 23.8 Å². The molecule has 0 atom stereocenters. The molecule has 0 radical (unpaired) electrons. The van der Waals surface area contributed by atoms with Gasteiger partial charge in [-0.05, 0) is 49.9 Å². The fraction of sp³-hybridized carbons (Fsp3) is 0.545. The van der Waals surface area contributed by atoms with Crippen LogP contribution in [0.1, 0.15) is 31.7 Å². The van der Waals surface area contributed by atoms with E-state index in [4.69, 9.17) is 19.2 Å². The minimum atomic E-state index is 0.428. The van der Waals surface area contributed by atoms with Crippen molar-refractivity contribution in [1.29, 1.82) is 0 Å². The van der Waals surface area contributed by atoms with Crippen LogP contribution in [-0.2, 0) is 4.74 Å². The number of hydrogen-bond acceptors (Lipinski definition) is 10. The molecule has 0 spiro atoms. The van der Waals surface area contributed by atoms with Gasteiger partial charge in [-0.2, -0.15) is 20.1 Å². The van der Waals surface area contributed by atoms with Crippen LogP contribution in [0.5, 0.6) is 11.5 Å². The van der Waals surface area contributed by atoms with E-state index in [0.29, 0.717) is 49.2 Å². The van der Waals surface area contributed by atoms with E-state index in [-0.39, 0.29) is 0 Å². The first-order valence-electron chi connectivity index (χ1n) is 11.2. The molecule has 0 unspecified atom stereocenters. The van der Waals surface area contributed by atoms with Gasteiger partial charge in [0.15, 0.2) is 11.5 Å². The summed E-state index contributed by atoms with van der Waals surface area (Å²) < 4.78 is 16.4. The van der Waals surface area contributed by atoms with Crippen molar-refractivity contribution < 1.29 is 14.2 Å². The fourth-order valence-corrected chi connectivity index (χ4v) is 3.75. The molecule has 10 nitrogen and oxygen atoms in total. The van der Waals surface area contributed by atoms with E-state index >= 15 is 0 Å². The van der Waals surface area contributed by atoms with Gasteiger partial charge in [0.25, 0.3) is 0 Å². The second-order valence-electron chi connectivity index (χ2n) is 7.62. The molecule has 3 heterocycles. The van der Waals surface area contributed by atoms with E-state index in [9.17, 15) is 0 Å². The van der Waals surface area contributed by atoms with Crippen LogP contribution in [0.25, 0.3) is 0 Å². The Kier molecular flexibility index (Phi) is 7.55. The predicted molar refractivity (Wildman–Crippen MR) is 124 cm³/mol. The van der Waals surface area contributed by atoms with Gasteiger partial charge in [-0.3, -0.25) is 0 Å². The third-order valence-corrected chi connectivity index (χ3v) is 5.41. The maximum atomic E-state index is 5.64. The standard InChI is InChI=1S/C22H31N7O3/c1-3-32-19-15-17(7-8-18(19)30-2)16-23-27-20-24-21(28-9-5-4-6-10-28)26-22(25-20)29-11-13-31-14-12-29/h7-8,15-16H,3-6,9-14H2,1-2H3,(H,24,25,26,27). The maximum Gasteiger partial charge on any atom is 0.250 e. The number of aromatic nitrogens is 3. The summed E-state index contributed by atoms with van der Waals surface area (Å²) >= 11 is 0. The largest absolute Gasteiger partial charge is 0.493 e. The van der Waals surface area contributed by atoms with Crippen LogP contribution in [-0.4, -0.2) is 74.3 Å². The Balaban J connectivity index is 1.53. The second kappa shape index (κ2) is 10.9. The number of hydrazone groups is 1. The number of piperidine rings is 1. The Labute approximate surface area is 188 Å². The number of ether oxygens (including phenoxy) is 3. The molecule has 2 aromatic rings. The van der Waals surface area contributed by atoms with Gasteiger partial charge < -0.3 is 24.0 Å². The summed E-state index contributed by atoms with van der Waals surface area (Å²) in [5.41, 5.74) is 3.86. The van der Waals surface area contributed by atoms with Gasteiger partial charge in [-0.25, -0.2) is 5.43 Å².